The van der Waals surface area contributed by atoms with E-state index >= 15 is 0 Å². The first-order valence-corrected chi connectivity index (χ1v) is 31.3. The van der Waals surface area contributed by atoms with E-state index in [1.807, 2.05) is 0 Å². The fourth-order valence-corrected chi connectivity index (χ4v) is 9.67. The number of carbonyl (C=O) groups excluding carboxylic acids is 4. The maximum atomic E-state index is 13.7. The zero-order chi connectivity index (χ0) is 54.5. The van der Waals surface area contributed by atoms with Gasteiger partial charge >= 0.3 is 35.8 Å². The van der Waals surface area contributed by atoms with Gasteiger partial charge in [0, 0.05) is 25.7 Å². The van der Waals surface area contributed by atoms with E-state index in [1.165, 1.54) is 141 Å². The lowest BCUT2D eigenvalue weighted by atomic mass is 10.0. The number of ether oxygens (including phenoxy) is 4. The number of aliphatic carboxylic acids is 2. The number of unbranched alkanes of at least 4 members (excludes halogenated alkanes) is 40. The second-order valence-corrected chi connectivity index (χ2v) is 21.5. The monoisotopic (exact) mass is 1050 g/mol. The van der Waals surface area contributed by atoms with E-state index in [9.17, 15) is 39.0 Å². The maximum absolute atomic E-state index is 13.7. The minimum atomic E-state index is -2.25. The van der Waals surface area contributed by atoms with Crippen LogP contribution in [0.4, 0.5) is 0 Å². The van der Waals surface area contributed by atoms with Crippen molar-refractivity contribution in [2.45, 2.75) is 360 Å². The van der Waals surface area contributed by atoms with E-state index in [2.05, 4.69) is 27.7 Å². The van der Waals surface area contributed by atoms with Crippen molar-refractivity contribution in [2.24, 2.45) is 0 Å². The van der Waals surface area contributed by atoms with E-state index in [0.29, 0.717) is 25.7 Å². The van der Waals surface area contributed by atoms with Crippen LogP contribution in [0.3, 0.4) is 0 Å². The van der Waals surface area contributed by atoms with Gasteiger partial charge in [0.2, 0.25) is 12.2 Å². The molecule has 2 N–H and O–H groups in total. The van der Waals surface area contributed by atoms with Crippen LogP contribution >= 0.6 is 0 Å². The second-order valence-electron chi connectivity index (χ2n) is 21.5. The third-order valence-electron chi connectivity index (χ3n) is 14.4. The molecule has 0 aromatic carbocycles. The van der Waals surface area contributed by atoms with E-state index in [0.717, 1.165) is 116 Å². The first-order chi connectivity index (χ1) is 36.0. The molecule has 0 unspecified atom stereocenters. The lowest BCUT2D eigenvalue weighted by Crippen LogP contribution is -2.56. The molecule has 12 nitrogen and oxygen atoms in total. The Hall–Kier alpha value is -3.18. The van der Waals surface area contributed by atoms with Crippen LogP contribution in [0.1, 0.15) is 336 Å². The molecule has 12 heteroatoms. The summed E-state index contributed by atoms with van der Waals surface area (Å²) >= 11 is 0. The zero-order valence-electron chi connectivity index (χ0n) is 48.2. The molecule has 0 aliphatic heterocycles. The summed E-state index contributed by atoms with van der Waals surface area (Å²) in [5, 5.41) is 21.3. The third-order valence-corrected chi connectivity index (χ3v) is 14.4. The molecule has 0 heterocycles. The van der Waals surface area contributed by atoms with Crippen molar-refractivity contribution < 1.29 is 57.9 Å². The fraction of sp³-hybridized carbons (Fsp3) is 0.903. The van der Waals surface area contributed by atoms with Crippen molar-refractivity contribution in [3.8, 4) is 0 Å². The Balaban J connectivity index is 6.18. The maximum Gasteiger partial charge on any atom is 0.349 e. The average Bonchev–Trinajstić information content (AvgIpc) is 3.37. The Morgan fingerprint density at radius 2 is 0.392 bits per heavy atom. The Labute approximate surface area is 452 Å². The van der Waals surface area contributed by atoms with E-state index in [1.54, 1.807) is 0 Å². The van der Waals surface area contributed by atoms with Crippen molar-refractivity contribution in [3.05, 3.63) is 0 Å². The van der Waals surface area contributed by atoms with Crippen LogP contribution in [-0.4, -0.2) is 70.4 Å². The van der Waals surface area contributed by atoms with Gasteiger partial charge in [0.1, 0.15) is 0 Å². The molecular formula is C62H114O12. The van der Waals surface area contributed by atoms with Crippen LogP contribution in [0.2, 0.25) is 0 Å². The molecule has 0 rings (SSSR count). The van der Waals surface area contributed by atoms with Gasteiger partial charge in [0.05, 0.1) is 0 Å². The Morgan fingerprint density at radius 1 is 0.243 bits per heavy atom. The standard InChI is InChI=1S/C62H114O12/c1-5-9-13-17-21-25-29-33-37-41-45-49-53(63)71-57(59(61(67)68)73-55(65)51-47-43-39-35-31-27-23-19-15-11-7-3)58(72-54(64)50-46-42-38-34-30-26-22-18-14-10-6-2)60(62(69)70)74-56(66)52-48-44-40-36-32-28-24-20-16-12-8-4/h57-60H,5-52H2,1-4H3,(H,67,68)(H,69,70)/t57-,58+,59+,60-. The topological polar surface area (TPSA) is 180 Å². The van der Waals surface area contributed by atoms with Gasteiger partial charge in [0.15, 0.2) is 12.2 Å². The minimum Gasteiger partial charge on any atom is -0.478 e. The Kier molecular flexibility index (Phi) is 50.9. The van der Waals surface area contributed by atoms with Crippen molar-refractivity contribution in [2.75, 3.05) is 0 Å². The fourth-order valence-electron chi connectivity index (χ4n) is 9.67. The summed E-state index contributed by atoms with van der Waals surface area (Å²) < 4.78 is 22.7. The van der Waals surface area contributed by atoms with Crippen molar-refractivity contribution in [3.63, 3.8) is 0 Å². The van der Waals surface area contributed by atoms with Gasteiger partial charge in [-0.25, -0.2) is 9.59 Å². The molecular weight excluding hydrogens is 937 g/mol. The number of carboxylic acids is 2. The van der Waals surface area contributed by atoms with E-state index in [4.69, 9.17) is 18.9 Å². The van der Waals surface area contributed by atoms with Gasteiger partial charge in [-0.05, 0) is 25.7 Å². The molecule has 0 saturated carbocycles. The molecule has 0 aliphatic rings. The van der Waals surface area contributed by atoms with Crippen LogP contribution in [-0.2, 0) is 47.7 Å². The Bertz CT molecular complexity index is 1250. The van der Waals surface area contributed by atoms with Gasteiger partial charge in [-0.3, -0.25) is 19.2 Å². The predicted molar refractivity (Wildman–Crippen MR) is 299 cm³/mol. The van der Waals surface area contributed by atoms with Crippen LogP contribution < -0.4 is 0 Å². The highest BCUT2D eigenvalue weighted by atomic mass is 16.6. The smallest absolute Gasteiger partial charge is 0.349 e. The van der Waals surface area contributed by atoms with Crippen molar-refractivity contribution in [1.29, 1.82) is 0 Å². The van der Waals surface area contributed by atoms with Crippen molar-refractivity contribution in [1.82, 2.24) is 0 Å². The number of esters is 4. The molecule has 74 heavy (non-hydrogen) atoms. The molecule has 0 amide bonds. The molecule has 0 fully saturated rings. The van der Waals surface area contributed by atoms with Crippen LogP contribution in [0.25, 0.3) is 0 Å². The minimum absolute atomic E-state index is 0.111. The number of carbonyl (C=O) groups is 6. The van der Waals surface area contributed by atoms with E-state index in [-0.39, 0.29) is 25.7 Å². The first-order valence-electron chi connectivity index (χ1n) is 31.3. The molecule has 0 radical (unpaired) electrons. The third kappa shape index (κ3) is 44.0. The second kappa shape index (κ2) is 53.2. The SMILES string of the molecule is CCCCCCCCCCCCCC(=O)O[C@H]([C@H](OC(=O)CCCCCCCCCCCCC)[C@@H](OC(=O)CCCCCCCCCCCCC)C(=O)O)[C@H](OC(=O)CCCCCCCCCCCCC)C(=O)O. The van der Waals surface area contributed by atoms with Gasteiger partial charge in [-0.15, -0.1) is 0 Å². The summed E-state index contributed by atoms with van der Waals surface area (Å²) in [6.07, 6.45) is 37.0. The highest BCUT2D eigenvalue weighted by molar-refractivity contribution is 5.82. The molecule has 0 aromatic rings. The normalized spacial score (nSPS) is 13.0. The summed E-state index contributed by atoms with van der Waals surface area (Å²) in [6, 6.07) is 0. The van der Waals surface area contributed by atoms with Crippen molar-refractivity contribution >= 4 is 35.8 Å². The number of rotatable bonds is 57. The molecule has 0 bridgehead atoms. The lowest BCUT2D eigenvalue weighted by molar-refractivity contribution is -0.209. The lowest BCUT2D eigenvalue weighted by Gasteiger charge is -2.33. The summed E-state index contributed by atoms with van der Waals surface area (Å²) in [5.41, 5.74) is 0. The van der Waals surface area contributed by atoms with Gasteiger partial charge < -0.3 is 29.2 Å². The van der Waals surface area contributed by atoms with Gasteiger partial charge in [0.25, 0.3) is 0 Å². The predicted octanol–water partition coefficient (Wildman–Crippen LogP) is 17.6. The highest BCUT2D eigenvalue weighted by Crippen LogP contribution is 2.25. The first kappa shape index (κ1) is 70.8. The molecule has 0 saturated heterocycles. The Morgan fingerprint density at radius 3 is 0.554 bits per heavy atom. The quantitative estimate of drug-likeness (QED) is 0.0335. The van der Waals surface area contributed by atoms with Crippen LogP contribution in [0, 0.1) is 0 Å². The number of hydrogen-bond donors (Lipinski definition) is 2. The molecule has 0 spiro atoms. The van der Waals surface area contributed by atoms with Crippen LogP contribution in [0.5, 0.6) is 0 Å². The number of carboxylic acid groups (broad SMARTS) is 2. The largest absolute Gasteiger partial charge is 0.478 e. The molecule has 434 valence electrons. The summed E-state index contributed by atoms with van der Waals surface area (Å²) in [5.74, 6) is -6.89. The van der Waals surface area contributed by atoms with Gasteiger partial charge in [-0.1, -0.05) is 285 Å². The average molecular weight is 1050 g/mol. The van der Waals surface area contributed by atoms with E-state index < -0.39 is 60.2 Å². The van der Waals surface area contributed by atoms with Gasteiger partial charge in [-0.2, -0.15) is 0 Å². The zero-order valence-corrected chi connectivity index (χ0v) is 48.2. The van der Waals surface area contributed by atoms with Crippen LogP contribution in [0.15, 0.2) is 0 Å². The summed E-state index contributed by atoms with van der Waals surface area (Å²) in [4.78, 5) is 80.4. The molecule has 4 atom stereocenters. The molecule has 0 aromatic heterocycles. The summed E-state index contributed by atoms with van der Waals surface area (Å²) in [7, 11) is 0. The number of hydrogen-bond acceptors (Lipinski definition) is 10. The molecule has 0 aliphatic carbocycles. The highest BCUT2D eigenvalue weighted by Gasteiger charge is 2.50. The summed E-state index contributed by atoms with van der Waals surface area (Å²) in [6.45, 7) is 8.81.